The SMILES string of the molecule is CCCCN(c1ccccc1)S(=O)(=O)c1ccc(Cl)c(Cl)c1. The Hall–Kier alpha value is -1.23. The molecule has 22 heavy (non-hydrogen) atoms. The van der Waals surface area contributed by atoms with Gasteiger partial charge in [0.25, 0.3) is 10.0 Å². The van der Waals surface area contributed by atoms with Crippen LogP contribution >= 0.6 is 23.2 Å². The van der Waals surface area contributed by atoms with Crippen molar-refractivity contribution < 1.29 is 8.42 Å². The third-order valence-electron chi connectivity index (χ3n) is 3.24. The van der Waals surface area contributed by atoms with Gasteiger partial charge in [0.05, 0.1) is 20.6 Å². The minimum atomic E-state index is -3.68. The van der Waals surface area contributed by atoms with Crippen LogP contribution in [0, 0.1) is 0 Å². The van der Waals surface area contributed by atoms with Gasteiger partial charge in [-0.25, -0.2) is 8.42 Å². The molecule has 0 atom stereocenters. The highest BCUT2D eigenvalue weighted by molar-refractivity contribution is 7.92. The lowest BCUT2D eigenvalue weighted by atomic mass is 10.3. The largest absolute Gasteiger partial charge is 0.266 e. The molecule has 0 bridgehead atoms. The molecule has 0 unspecified atom stereocenters. The fourth-order valence-electron chi connectivity index (χ4n) is 2.05. The van der Waals surface area contributed by atoms with Gasteiger partial charge < -0.3 is 0 Å². The van der Waals surface area contributed by atoms with E-state index in [-0.39, 0.29) is 9.92 Å². The van der Waals surface area contributed by atoms with Gasteiger partial charge in [-0.2, -0.15) is 0 Å². The highest BCUT2D eigenvalue weighted by Gasteiger charge is 2.25. The van der Waals surface area contributed by atoms with E-state index in [0.29, 0.717) is 17.3 Å². The molecule has 0 aliphatic heterocycles. The Morgan fingerprint density at radius 3 is 2.27 bits per heavy atom. The van der Waals surface area contributed by atoms with Gasteiger partial charge in [0.2, 0.25) is 0 Å². The van der Waals surface area contributed by atoms with E-state index < -0.39 is 10.0 Å². The summed E-state index contributed by atoms with van der Waals surface area (Å²) in [5.41, 5.74) is 0.641. The molecule has 0 saturated carbocycles. The van der Waals surface area contributed by atoms with Gasteiger partial charge in [0, 0.05) is 6.54 Å². The fraction of sp³-hybridized carbons (Fsp3) is 0.250. The lowest BCUT2D eigenvalue weighted by molar-refractivity contribution is 0.588. The average Bonchev–Trinajstić information content (AvgIpc) is 2.51. The minimum absolute atomic E-state index is 0.141. The van der Waals surface area contributed by atoms with Crippen LogP contribution in [0.15, 0.2) is 53.4 Å². The summed E-state index contributed by atoms with van der Waals surface area (Å²) in [7, 11) is -3.68. The number of anilines is 1. The Balaban J connectivity index is 2.46. The van der Waals surface area contributed by atoms with E-state index in [4.69, 9.17) is 23.2 Å². The number of unbranched alkanes of at least 4 members (excludes halogenated alkanes) is 1. The molecule has 2 aromatic rings. The normalized spacial score (nSPS) is 11.4. The van der Waals surface area contributed by atoms with Crippen LogP contribution in [0.5, 0.6) is 0 Å². The van der Waals surface area contributed by atoms with Crippen molar-refractivity contribution in [3.63, 3.8) is 0 Å². The Labute approximate surface area is 141 Å². The van der Waals surface area contributed by atoms with E-state index in [2.05, 4.69) is 0 Å². The molecule has 0 aliphatic carbocycles. The van der Waals surface area contributed by atoms with Crippen molar-refractivity contribution in [2.24, 2.45) is 0 Å². The van der Waals surface area contributed by atoms with Crippen LogP contribution in [-0.4, -0.2) is 15.0 Å². The van der Waals surface area contributed by atoms with Crippen molar-refractivity contribution in [1.29, 1.82) is 0 Å². The van der Waals surface area contributed by atoms with Crippen LogP contribution in [0.25, 0.3) is 0 Å². The average molecular weight is 358 g/mol. The molecule has 0 spiro atoms. The first-order valence-electron chi connectivity index (χ1n) is 6.99. The summed E-state index contributed by atoms with van der Waals surface area (Å²) in [6.07, 6.45) is 1.68. The van der Waals surface area contributed by atoms with Crippen LogP contribution in [0.3, 0.4) is 0 Å². The zero-order valence-corrected chi connectivity index (χ0v) is 14.5. The third kappa shape index (κ3) is 3.75. The van der Waals surface area contributed by atoms with E-state index in [9.17, 15) is 8.42 Å². The zero-order valence-electron chi connectivity index (χ0n) is 12.2. The molecule has 6 heteroatoms. The van der Waals surface area contributed by atoms with Crippen LogP contribution in [0.1, 0.15) is 19.8 Å². The molecule has 0 saturated heterocycles. The van der Waals surface area contributed by atoms with Gasteiger partial charge in [0.15, 0.2) is 0 Å². The summed E-state index contributed by atoms with van der Waals surface area (Å²) in [6, 6.07) is 13.4. The maximum Gasteiger partial charge on any atom is 0.264 e. The van der Waals surface area contributed by atoms with Crippen LogP contribution in [-0.2, 0) is 10.0 Å². The second-order valence-corrected chi connectivity index (χ2v) is 7.52. The van der Waals surface area contributed by atoms with Gasteiger partial charge in [-0.1, -0.05) is 54.7 Å². The predicted octanol–water partition coefficient (Wildman–Crippen LogP) is 4.99. The highest BCUT2D eigenvalue weighted by Crippen LogP contribution is 2.29. The van der Waals surface area contributed by atoms with Gasteiger partial charge in [-0.3, -0.25) is 4.31 Å². The van der Waals surface area contributed by atoms with Crippen molar-refractivity contribution in [3.05, 3.63) is 58.6 Å². The maximum atomic E-state index is 12.9. The first-order chi connectivity index (χ1) is 10.5. The molecule has 0 heterocycles. The van der Waals surface area contributed by atoms with E-state index in [1.165, 1.54) is 22.5 Å². The Kier molecular flexibility index (Phi) is 5.73. The quantitative estimate of drug-likeness (QED) is 0.730. The first kappa shape index (κ1) is 17.1. The summed E-state index contributed by atoms with van der Waals surface area (Å²) >= 11 is 11.8. The number of halogens is 2. The van der Waals surface area contributed by atoms with Crippen molar-refractivity contribution in [2.45, 2.75) is 24.7 Å². The molecule has 0 radical (unpaired) electrons. The smallest absolute Gasteiger partial charge is 0.264 e. The molecule has 0 aliphatic rings. The minimum Gasteiger partial charge on any atom is -0.266 e. The van der Waals surface area contributed by atoms with Gasteiger partial charge in [0.1, 0.15) is 0 Å². The zero-order chi connectivity index (χ0) is 16.2. The molecule has 0 fully saturated rings. The van der Waals surface area contributed by atoms with Crippen molar-refractivity contribution in [1.82, 2.24) is 0 Å². The second kappa shape index (κ2) is 7.36. The summed E-state index contributed by atoms with van der Waals surface area (Å²) in [4.78, 5) is 0.141. The van der Waals surface area contributed by atoms with Crippen LogP contribution in [0.4, 0.5) is 5.69 Å². The molecule has 0 N–H and O–H groups in total. The molecule has 2 rings (SSSR count). The number of hydrogen-bond donors (Lipinski definition) is 0. The second-order valence-electron chi connectivity index (χ2n) is 4.84. The third-order valence-corrected chi connectivity index (χ3v) is 5.80. The Bertz CT molecular complexity index is 733. The Morgan fingerprint density at radius 1 is 1.00 bits per heavy atom. The molecule has 0 amide bonds. The van der Waals surface area contributed by atoms with E-state index >= 15 is 0 Å². The first-order valence-corrected chi connectivity index (χ1v) is 9.19. The molecular weight excluding hydrogens is 341 g/mol. The molecular formula is C16H17Cl2NO2S. The highest BCUT2D eigenvalue weighted by atomic mass is 35.5. The predicted molar refractivity (Wildman–Crippen MR) is 92.3 cm³/mol. The van der Waals surface area contributed by atoms with Crippen LogP contribution < -0.4 is 4.31 Å². The number of para-hydroxylation sites is 1. The van der Waals surface area contributed by atoms with E-state index in [0.717, 1.165) is 12.8 Å². The van der Waals surface area contributed by atoms with E-state index in [1.807, 2.05) is 25.1 Å². The summed E-state index contributed by atoms with van der Waals surface area (Å²) in [5.74, 6) is 0. The molecule has 0 aromatic heterocycles. The Morgan fingerprint density at radius 2 is 1.68 bits per heavy atom. The molecule has 3 nitrogen and oxygen atoms in total. The van der Waals surface area contributed by atoms with E-state index in [1.54, 1.807) is 12.1 Å². The molecule has 2 aromatic carbocycles. The summed E-state index contributed by atoms with van der Waals surface area (Å²) in [6.45, 7) is 2.44. The summed E-state index contributed by atoms with van der Waals surface area (Å²) < 4.78 is 27.3. The van der Waals surface area contributed by atoms with Crippen LogP contribution in [0.2, 0.25) is 10.0 Å². The summed E-state index contributed by atoms with van der Waals surface area (Å²) in [5, 5.41) is 0.562. The van der Waals surface area contributed by atoms with Gasteiger partial charge in [-0.15, -0.1) is 0 Å². The fourth-order valence-corrected chi connectivity index (χ4v) is 3.94. The van der Waals surface area contributed by atoms with Crippen molar-refractivity contribution >= 4 is 38.9 Å². The number of rotatable bonds is 6. The van der Waals surface area contributed by atoms with Gasteiger partial charge in [-0.05, 0) is 36.8 Å². The standard InChI is InChI=1S/C16H17Cl2NO2S/c1-2-3-11-19(13-7-5-4-6-8-13)22(20,21)14-9-10-15(17)16(18)12-14/h4-10,12H,2-3,11H2,1H3. The van der Waals surface area contributed by atoms with Crippen molar-refractivity contribution in [3.8, 4) is 0 Å². The number of benzene rings is 2. The van der Waals surface area contributed by atoms with Crippen molar-refractivity contribution in [2.75, 3.05) is 10.8 Å². The maximum absolute atomic E-state index is 12.9. The lowest BCUT2D eigenvalue weighted by Gasteiger charge is -2.24. The number of sulfonamides is 1. The number of nitrogens with zero attached hydrogens (tertiary/aromatic N) is 1. The molecule has 118 valence electrons. The van der Waals surface area contributed by atoms with Gasteiger partial charge >= 0.3 is 0 Å². The lowest BCUT2D eigenvalue weighted by Crippen LogP contribution is -2.32. The number of hydrogen-bond acceptors (Lipinski definition) is 2. The topological polar surface area (TPSA) is 37.4 Å². The monoisotopic (exact) mass is 357 g/mol.